The molecule has 0 aliphatic carbocycles. The van der Waals surface area contributed by atoms with Crippen molar-refractivity contribution in [1.82, 2.24) is 14.2 Å². The molecule has 0 spiro atoms. The molecular weight excluding hydrogens is 435 g/mol. The van der Waals surface area contributed by atoms with Gasteiger partial charge in [0.2, 0.25) is 11.8 Å². The Hall–Kier alpha value is -2.57. The molecule has 0 radical (unpaired) electrons. The maximum absolute atomic E-state index is 13.5. The molecule has 2 amide bonds. The third-order valence-corrected chi connectivity index (χ3v) is 8.74. The van der Waals surface area contributed by atoms with Gasteiger partial charge in [-0.3, -0.25) is 14.4 Å². The predicted octanol–water partition coefficient (Wildman–Crippen LogP) is 0.843. The molecule has 1 aromatic heterocycles. The summed E-state index contributed by atoms with van der Waals surface area (Å²) in [6.07, 6.45) is -0.0491. The minimum atomic E-state index is -3.83. The SMILES string of the molecule is Cc1[nH]c(=O)sc1S(=O)(=O)N1CCN(C(=O)C2CC(=O)Nc3cc(F)ccc32)CC1. The van der Waals surface area contributed by atoms with Crippen LogP contribution >= 0.6 is 11.3 Å². The molecule has 1 saturated heterocycles. The van der Waals surface area contributed by atoms with E-state index < -0.39 is 26.6 Å². The van der Waals surface area contributed by atoms with Gasteiger partial charge in [0.15, 0.2) is 4.21 Å². The monoisotopic (exact) mass is 454 g/mol. The third kappa shape index (κ3) is 3.66. The fraction of sp³-hybridized carbons (Fsp3) is 0.389. The van der Waals surface area contributed by atoms with E-state index in [1.807, 2.05) is 0 Å². The minimum Gasteiger partial charge on any atom is -0.340 e. The summed E-state index contributed by atoms with van der Waals surface area (Å²) in [5.41, 5.74) is 1.12. The lowest BCUT2D eigenvalue weighted by molar-refractivity contribution is -0.136. The van der Waals surface area contributed by atoms with Gasteiger partial charge >= 0.3 is 4.87 Å². The van der Waals surface area contributed by atoms with Crippen molar-refractivity contribution in [3.8, 4) is 0 Å². The number of hydrogen-bond donors (Lipinski definition) is 2. The van der Waals surface area contributed by atoms with Crippen LogP contribution in [0.3, 0.4) is 0 Å². The molecule has 2 aliphatic heterocycles. The summed E-state index contributed by atoms with van der Waals surface area (Å²) < 4.78 is 40.4. The van der Waals surface area contributed by atoms with Crippen LogP contribution in [0.15, 0.2) is 27.2 Å². The fourth-order valence-electron chi connectivity index (χ4n) is 3.78. The number of piperazine rings is 1. The Balaban J connectivity index is 1.50. The summed E-state index contributed by atoms with van der Waals surface area (Å²) >= 11 is 0.642. The molecule has 0 saturated carbocycles. The first-order valence-electron chi connectivity index (χ1n) is 9.25. The van der Waals surface area contributed by atoms with Crippen LogP contribution in [0.5, 0.6) is 0 Å². The van der Waals surface area contributed by atoms with E-state index in [1.54, 1.807) is 0 Å². The summed E-state index contributed by atoms with van der Waals surface area (Å²) in [7, 11) is -3.83. The van der Waals surface area contributed by atoms with Gasteiger partial charge in [0, 0.05) is 44.0 Å². The zero-order valence-electron chi connectivity index (χ0n) is 16.0. The van der Waals surface area contributed by atoms with Crippen LogP contribution < -0.4 is 10.2 Å². The van der Waals surface area contributed by atoms with Gasteiger partial charge in [-0.15, -0.1) is 0 Å². The first-order chi connectivity index (χ1) is 14.2. The average molecular weight is 455 g/mol. The quantitative estimate of drug-likeness (QED) is 0.712. The van der Waals surface area contributed by atoms with Crippen molar-refractivity contribution in [3.05, 3.63) is 44.9 Å². The number of halogens is 1. The number of carbonyl (C=O) groups excluding carboxylic acids is 2. The van der Waals surface area contributed by atoms with E-state index in [0.29, 0.717) is 22.6 Å². The van der Waals surface area contributed by atoms with Gasteiger partial charge in [-0.1, -0.05) is 17.4 Å². The highest BCUT2D eigenvalue weighted by molar-refractivity contribution is 7.91. The van der Waals surface area contributed by atoms with E-state index in [4.69, 9.17) is 0 Å². The first kappa shape index (κ1) is 20.7. The molecule has 1 aromatic carbocycles. The van der Waals surface area contributed by atoms with Crippen LogP contribution in [-0.2, 0) is 19.6 Å². The standard InChI is InChI=1S/C18H19FN4O5S2/c1-10-17(29-18(26)20-10)30(27,28)23-6-4-22(5-7-23)16(25)13-9-15(24)21-14-8-11(19)2-3-12(13)14/h2-3,8,13H,4-7,9H2,1H3,(H,20,26)(H,21,24). The number of aryl methyl sites for hydroxylation is 1. The second-order valence-corrected chi connectivity index (χ2v) is 10.3. The number of carbonyl (C=O) groups is 2. The van der Waals surface area contributed by atoms with E-state index in [9.17, 15) is 27.2 Å². The second-order valence-electron chi connectivity index (χ2n) is 7.19. The summed E-state index contributed by atoms with van der Waals surface area (Å²) in [6.45, 7) is 2.00. The average Bonchev–Trinajstić information content (AvgIpc) is 3.05. The Morgan fingerprint density at radius 3 is 2.53 bits per heavy atom. The Morgan fingerprint density at radius 1 is 1.20 bits per heavy atom. The predicted molar refractivity (Wildman–Crippen MR) is 107 cm³/mol. The number of sulfonamides is 1. The lowest BCUT2D eigenvalue weighted by Gasteiger charge is -2.36. The van der Waals surface area contributed by atoms with Crippen molar-refractivity contribution in [2.75, 3.05) is 31.5 Å². The van der Waals surface area contributed by atoms with E-state index in [2.05, 4.69) is 10.3 Å². The van der Waals surface area contributed by atoms with E-state index >= 15 is 0 Å². The molecule has 1 fully saturated rings. The number of aromatic nitrogens is 1. The number of aromatic amines is 1. The summed E-state index contributed by atoms with van der Waals surface area (Å²) in [5.74, 6) is -1.92. The third-order valence-electron chi connectivity index (χ3n) is 5.26. The Morgan fingerprint density at radius 2 is 1.90 bits per heavy atom. The van der Waals surface area contributed by atoms with Crippen molar-refractivity contribution >= 4 is 38.9 Å². The highest BCUT2D eigenvalue weighted by Gasteiger charge is 2.37. The number of nitrogens with zero attached hydrogens (tertiary/aromatic N) is 2. The van der Waals surface area contributed by atoms with Gasteiger partial charge < -0.3 is 15.2 Å². The molecule has 0 bridgehead atoms. The zero-order valence-corrected chi connectivity index (χ0v) is 17.6. The van der Waals surface area contributed by atoms with Gasteiger partial charge in [0.1, 0.15) is 5.82 Å². The van der Waals surface area contributed by atoms with Crippen molar-refractivity contribution in [3.63, 3.8) is 0 Å². The highest BCUT2D eigenvalue weighted by atomic mass is 32.2. The van der Waals surface area contributed by atoms with Gasteiger partial charge in [0.25, 0.3) is 10.0 Å². The fourth-order valence-corrected chi connectivity index (χ4v) is 6.64. The van der Waals surface area contributed by atoms with Crippen molar-refractivity contribution < 1.29 is 22.4 Å². The number of nitrogens with one attached hydrogen (secondary N) is 2. The van der Waals surface area contributed by atoms with Gasteiger partial charge in [0.05, 0.1) is 5.92 Å². The molecule has 9 nitrogen and oxygen atoms in total. The van der Waals surface area contributed by atoms with E-state index in [-0.39, 0.29) is 54.3 Å². The van der Waals surface area contributed by atoms with Crippen LogP contribution in [0.2, 0.25) is 0 Å². The molecule has 12 heteroatoms. The highest BCUT2D eigenvalue weighted by Crippen LogP contribution is 2.34. The van der Waals surface area contributed by atoms with Crippen LogP contribution in [0.4, 0.5) is 10.1 Å². The molecule has 2 aliphatic rings. The Labute approximate surface area is 175 Å². The minimum absolute atomic E-state index is 0.0211. The smallest absolute Gasteiger partial charge is 0.305 e. The van der Waals surface area contributed by atoms with Gasteiger partial charge in [-0.25, -0.2) is 12.8 Å². The molecule has 1 unspecified atom stereocenters. The number of rotatable bonds is 3. The number of hydrogen-bond acceptors (Lipinski definition) is 6. The number of anilines is 1. The van der Waals surface area contributed by atoms with Gasteiger partial charge in [-0.05, 0) is 24.6 Å². The summed E-state index contributed by atoms with van der Waals surface area (Å²) in [4.78, 5) is 40.1. The maximum atomic E-state index is 13.5. The number of benzene rings is 1. The van der Waals surface area contributed by atoms with Crippen molar-refractivity contribution in [1.29, 1.82) is 0 Å². The Bertz CT molecular complexity index is 1180. The van der Waals surface area contributed by atoms with Crippen molar-refractivity contribution in [2.45, 2.75) is 23.5 Å². The second kappa shape index (κ2) is 7.60. The van der Waals surface area contributed by atoms with Crippen LogP contribution in [0.25, 0.3) is 0 Å². The molecule has 2 N–H and O–H groups in total. The first-order valence-corrected chi connectivity index (χ1v) is 11.5. The summed E-state index contributed by atoms with van der Waals surface area (Å²) in [6, 6.07) is 3.91. The molecule has 160 valence electrons. The molecular formula is C18H19FN4O5S2. The lowest BCUT2D eigenvalue weighted by Crippen LogP contribution is -2.52. The van der Waals surface area contributed by atoms with Crippen molar-refractivity contribution in [2.24, 2.45) is 0 Å². The normalized spacial score (nSPS) is 20.0. The molecule has 30 heavy (non-hydrogen) atoms. The lowest BCUT2D eigenvalue weighted by atomic mass is 9.89. The Kier molecular flexibility index (Phi) is 5.24. The largest absolute Gasteiger partial charge is 0.340 e. The molecule has 1 atom stereocenters. The molecule has 3 heterocycles. The van der Waals surface area contributed by atoms with Crippen LogP contribution in [-0.4, -0.2) is 60.6 Å². The van der Waals surface area contributed by atoms with E-state index in [0.717, 1.165) is 0 Å². The molecule has 2 aromatic rings. The number of H-pyrrole nitrogens is 1. The molecule has 4 rings (SSSR count). The van der Waals surface area contributed by atoms with Crippen LogP contribution in [0, 0.1) is 12.7 Å². The van der Waals surface area contributed by atoms with Gasteiger partial charge in [-0.2, -0.15) is 4.31 Å². The summed E-state index contributed by atoms with van der Waals surface area (Å²) in [5, 5.41) is 2.58. The zero-order chi connectivity index (χ0) is 21.6. The topological polar surface area (TPSA) is 120 Å². The maximum Gasteiger partial charge on any atom is 0.305 e. The van der Waals surface area contributed by atoms with E-state index in [1.165, 1.54) is 34.3 Å². The number of amides is 2. The number of fused-ring (bicyclic) bond motifs is 1. The van der Waals surface area contributed by atoms with Crippen LogP contribution in [0.1, 0.15) is 23.6 Å². The number of thiazole rings is 1.